The third-order valence-corrected chi connectivity index (χ3v) is 5.61. The van der Waals surface area contributed by atoms with Crippen LogP contribution < -0.4 is 10.6 Å². The van der Waals surface area contributed by atoms with E-state index in [2.05, 4.69) is 10.6 Å². The van der Waals surface area contributed by atoms with Crippen LogP contribution in [0.3, 0.4) is 0 Å². The van der Waals surface area contributed by atoms with Crippen LogP contribution in [0.25, 0.3) is 0 Å². The van der Waals surface area contributed by atoms with E-state index in [0.717, 1.165) is 11.6 Å². The van der Waals surface area contributed by atoms with E-state index in [1.165, 1.54) is 12.1 Å². The van der Waals surface area contributed by atoms with Crippen LogP contribution >= 0.6 is 0 Å². The monoisotopic (exact) mass is 378 g/mol. The van der Waals surface area contributed by atoms with Gasteiger partial charge in [-0.2, -0.15) is 13.2 Å². The highest BCUT2D eigenvalue weighted by molar-refractivity contribution is 5.59. The molecule has 1 saturated heterocycles. The Kier molecular flexibility index (Phi) is 4.61. The van der Waals surface area contributed by atoms with Crippen LogP contribution in [0.4, 0.5) is 18.9 Å². The van der Waals surface area contributed by atoms with Crippen LogP contribution in [0.15, 0.2) is 48.5 Å². The van der Waals surface area contributed by atoms with Gasteiger partial charge in [-0.1, -0.05) is 30.3 Å². The predicted octanol–water partition coefficient (Wildman–Crippen LogP) is 3.24. The summed E-state index contributed by atoms with van der Waals surface area (Å²) >= 11 is 0. The van der Waals surface area contributed by atoms with E-state index in [1.54, 1.807) is 0 Å². The van der Waals surface area contributed by atoms with Gasteiger partial charge in [-0.15, -0.1) is 0 Å². The molecule has 4 rings (SSSR count). The van der Waals surface area contributed by atoms with Crippen LogP contribution in [0.5, 0.6) is 0 Å². The molecule has 2 heterocycles. The fourth-order valence-electron chi connectivity index (χ4n) is 4.26. The molecule has 2 aromatic rings. The summed E-state index contributed by atoms with van der Waals surface area (Å²) in [7, 11) is 0. The van der Waals surface area contributed by atoms with Crippen molar-refractivity contribution < 1.29 is 23.4 Å². The molecule has 2 aliphatic heterocycles. The number of anilines is 1. The van der Waals surface area contributed by atoms with E-state index >= 15 is 0 Å². The van der Waals surface area contributed by atoms with Gasteiger partial charge in [-0.25, -0.2) is 0 Å². The number of alkyl halides is 3. The van der Waals surface area contributed by atoms with Gasteiger partial charge in [-0.3, -0.25) is 0 Å². The molecule has 5 atom stereocenters. The van der Waals surface area contributed by atoms with Crippen molar-refractivity contribution in [3.8, 4) is 0 Å². The van der Waals surface area contributed by atoms with E-state index in [-0.39, 0.29) is 18.6 Å². The summed E-state index contributed by atoms with van der Waals surface area (Å²) in [6.07, 6.45) is -4.81. The van der Waals surface area contributed by atoms with Crippen molar-refractivity contribution >= 4 is 5.69 Å². The molecule has 0 spiro atoms. The number of aliphatic hydroxyl groups is 2. The fourth-order valence-corrected chi connectivity index (χ4v) is 4.26. The molecular formula is C20H21F3N2O2. The lowest BCUT2D eigenvalue weighted by Gasteiger charge is -2.48. The maximum Gasteiger partial charge on any atom is 0.416 e. The number of fused-ring (bicyclic) bond motifs is 3. The van der Waals surface area contributed by atoms with Crippen LogP contribution in [0, 0.1) is 5.92 Å². The van der Waals surface area contributed by atoms with Crippen molar-refractivity contribution in [1.29, 1.82) is 0 Å². The molecule has 4 N–H and O–H groups in total. The molecule has 7 heteroatoms. The van der Waals surface area contributed by atoms with E-state index in [4.69, 9.17) is 0 Å². The Morgan fingerprint density at radius 2 is 1.78 bits per heavy atom. The molecule has 2 aliphatic rings. The normalized spacial score (nSPS) is 30.2. The van der Waals surface area contributed by atoms with Crippen molar-refractivity contribution in [2.75, 3.05) is 11.9 Å². The Bertz CT molecular complexity index is 813. The van der Waals surface area contributed by atoms with Crippen molar-refractivity contribution in [3.05, 3.63) is 65.2 Å². The van der Waals surface area contributed by atoms with Crippen LogP contribution in [-0.4, -0.2) is 29.0 Å². The van der Waals surface area contributed by atoms with Gasteiger partial charge in [-0.05, 0) is 35.7 Å². The summed E-state index contributed by atoms with van der Waals surface area (Å²) in [5, 5.41) is 26.5. The molecular weight excluding hydrogens is 357 g/mol. The first kappa shape index (κ1) is 18.3. The Hall–Kier alpha value is -2.09. The Labute approximate surface area is 155 Å². The summed E-state index contributed by atoms with van der Waals surface area (Å²) in [6, 6.07) is 12.3. The lowest BCUT2D eigenvalue weighted by atomic mass is 9.73. The van der Waals surface area contributed by atoms with E-state index < -0.39 is 29.9 Å². The SMILES string of the molecule is OC[C@H]1NC2c3cc(C(F)(F)F)ccc3NC(c3ccccc3)C2C[C@@H]1O. The maximum atomic E-state index is 13.2. The molecule has 0 radical (unpaired) electrons. The molecule has 4 nitrogen and oxygen atoms in total. The lowest BCUT2D eigenvalue weighted by molar-refractivity contribution is -0.137. The highest BCUT2D eigenvalue weighted by Crippen LogP contribution is 2.48. The summed E-state index contributed by atoms with van der Waals surface area (Å²) in [6.45, 7) is -0.276. The zero-order valence-corrected chi connectivity index (χ0v) is 14.4. The van der Waals surface area contributed by atoms with Gasteiger partial charge in [0.25, 0.3) is 0 Å². The van der Waals surface area contributed by atoms with Gasteiger partial charge >= 0.3 is 6.18 Å². The van der Waals surface area contributed by atoms with Crippen LogP contribution in [0.1, 0.15) is 35.2 Å². The molecule has 2 aromatic carbocycles. The second kappa shape index (κ2) is 6.82. The standard InChI is InChI=1S/C20H21F3N2O2/c21-20(22,23)12-6-7-15-13(8-12)19-14(9-17(27)16(10-26)25-19)18(24-15)11-4-2-1-3-5-11/h1-8,14,16-19,24-27H,9-10H2/t14?,16-,17+,18?,19?/m1/s1. The van der Waals surface area contributed by atoms with Crippen molar-refractivity contribution in [2.24, 2.45) is 5.92 Å². The number of hydrogen-bond donors (Lipinski definition) is 4. The zero-order chi connectivity index (χ0) is 19.2. The average Bonchev–Trinajstić information content (AvgIpc) is 2.66. The summed E-state index contributed by atoms with van der Waals surface area (Å²) in [5.74, 6) is -0.152. The second-order valence-corrected chi connectivity index (χ2v) is 7.23. The quantitative estimate of drug-likeness (QED) is 0.648. The smallest absolute Gasteiger partial charge is 0.395 e. The van der Waals surface area contributed by atoms with E-state index in [0.29, 0.717) is 17.7 Å². The number of benzene rings is 2. The summed E-state index contributed by atoms with van der Waals surface area (Å²) in [5.41, 5.74) is 1.47. The topological polar surface area (TPSA) is 64.5 Å². The first-order chi connectivity index (χ1) is 12.9. The molecule has 27 heavy (non-hydrogen) atoms. The zero-order valence-electron chi connectivity index (χ0n) is 14.4. The van der Waals surface area contributed by atoms with Gasteiger partial charge in [0.15, 0.2) is 0 Å². The van der Waals surface area contributed by atoms with Gasteiger partial charge in [0.05, 0.1) is 30.4 Å². The molecule has 0 amide bonds. The number of piperidine rings is 1. The van der Waals surface area contributed by atoms with Gasteiger partial charge in [0.2, 0.25) is 0 Å². The molecule has 1 fully saturated rings. The summed E-state index contributed by atoms with van der Waals surface area (Å²) < 4.78 is 39.6. The van der Waals surface area contributed by atoms with Crippen molar-refractivity contribution in [2.45, 2.75) is 36.8 Å². The third-order valence-electron chi connectivity index (χ3n) is 5.61. The van der Waals surface area contributed by atoms with E-state index in [1.807, 2.05) is 30.3 Å². The molecule has 144 valence electrons. The number of halogens is 3. The molecule has 3 unspecified atom stereocenters. The Balaban J connectivity index is 1.79. The largest absolute Gasteiger partial charge is 0.416 e. The molecule has 0 bridgehead atoms. The molecule has 0 aromatic heterocycles. The van der Waals surface area contributed by atoms with Crippen LogP contribution in [0.2, 0.25) is 0 Å². The van der Waals surface area contributed by atoms with Gasteiger partial charge < -0.3 is 20.8 Å². The number of rotatable bonds is 2. The van der Waals surface area contributed by atoms with Gasteiger partial charge in [0.1, 0.15) is 0 Å². The summed E-state index contributed by atoms with van der Waals surface area (Å²) in [4.78, 5) is 0. The number of aliphatic hydroxyl groups excluding tert-OH is 2. The second-order valence-electron chi connectivity index (χ2n) is 7.23. The minimum Gasteiger partial charge on any atom is -0.395 e. The first-order valence-corrected chi connectivity index (χ1v) is 8.96. The highest BCUT2D eigenvalue weighted by Gasteiger charge is 2.45. The first-order valence-electron chi connectivity index (χ1n) is 8.96. The van der Waals surface area contributed by atoms with Gasteiger partial charge in [0, 0.05) is 17.6 Å². The fraction of sp³-hybridized carbons (Fsp3) is 0.400. The lowest BCUT2D eigenvalue weighted by Crippen LogP contribution is -2.55. The van der Waals surface area contributed by atoms with Crippen molar-refractivity contribution in [3.63, 3.8) is 0 Å². The number of hydrogen-bond acceptors (Lipinski definition) is 4. The Morgan fingerprint density at radius 1 is 1.04 bits per heavy atom. The predicted molar refractivity (Wildman–Crippen MR) is 95.1 cm³/mol. The van der Waals surface area contributed by atoms with Crippen LogP contribution in [-0.2, 0) is 6.18 Å². The molecule has 0 aliphatic carbocycles. The van der Waals surface area contributed by atoms with E-state index in [9.17, 15) is 23.4 Å². The van der Waals surface area contributed by atoms with Crippen molar-refractivity contribution in [1.82, 2.24) is 5.32 Å². The minimum absolute atomic E-state index is 0.151. The maximum absolute atomic E-state index is 13.2. The minimum atomic E-state index is -4.43. The Morgan fingerprint density at radius 3 is 2.44 bits per heavy atom. The molecule has 0 saturated carbocycles. The number of nitrogens with one attached hydrogen (secondary N) is 2. The third kappa shape index (κ3) is 3.31. The highest BCUT2D eigenvalue weighted by atomic mass is 19.4. The average molecular weight is 378 g/mol.